The number of sulfone groups is 1. The fourth-order valence-electron chi connectivity index (χ4n) is 3.77. The lowest BCUT2D eigenvalue weighted by Crippen LogP contribution is -2.37. The van der Waals surface area contributed by atoms with Crippen LogP contribution in [0.5, 0.6) is 5.75 Å². The van der Waals surface area contributed by atoms with Gasteiger partial charge in [-0.05, 0) is 55.5 Å². The number of thiocarbonyl (C=S) groups is 1. The molecule has 7 heteroatoms. The number of hydrogen-bond donors (Lipinski definition) is 0. The van der Waals surface area contributed by atoms with Crippen LogP contribution < -0.4 is 14.5 Å². The van der Waals surface area contributed by atoms with Gasteiger partial charge in [-0.15, -0.1) is 0 Å². The van der Waals surface area contributed by atoms with Crippen LogP contribution in [0.2, 0.25) is 0 Å². The van der Waals surface area contributed by atoms with Gasteiger partial charge in [0.2, 0.25) is 0 Å². The van der Waals surface area contributed by atoms with Crippen molar-refractivity contribution in [3.63, 3.8) is 0 Å². The Hall–Kier alpha value is -2.12. The lowest BCUT2D eigenvalue weighted by atomic mass is 10.1. The molecule has 2 aliphatic rings. The van der Waals surface area contributed by atoms with Crippen molar-refractivity contribution >= 4 is 38.5 Å². The fraction of sp³-hybridized carbons (Fsp3) is 0.316. The van der Waals surface area contributed by atoms with Crippen LogP contribution in [0.25, 0.3) is 0 Å². The lowest BCUT2D eigenvalue weighted by Gasteiger charge is -2.25. The maximum Gasteiger partial charge on any atom is 0.181 e. The first-order valence-electron chi connectivity index (χ1n) is 8.61. The number of para-hydroxylation sites is 1. The topological polar surface area (TPSA) is 49.9 Å². The summed E-state index contributed by atoms with van der Waals surface area (Å²) in [6, 6.07) is 17.1. The summed E-state index contributed by atoms with van der Waals surface area (Å²) in [6.07, 6.45) is 0. The van der Waals surface area contributed by atoms with Gasteiger partial charge in [0.1, 0.15) is 5.75 Å². The molecule has 5 nitrogen and oxygen atoms in total. The second kappa shape index (κ2) is 6.55. The van der Waals surface area contributed by atoms with Gasteiger partial charge in [-0.25, -0.2) is 8.42 Å². The van der Waals surface area contributed by atoms with Crippen LogP contribution >= 0.6 is 12.2 Å². The molecule has 0 amide bonds. The summed E-state index contributed by atoms with van der Waals surface area (Å²) in [5, 5.41) is 0.644. The molecule has 136 valence electrons. The normalized spacial score (nSPS) is 24.0. The summed E-state index contributed by atoms with van der Waals surface area (Å²) in [6.45, 7) is 2.54. The molecular weight excluding hydrogens is 368 g/mol. The van der Waals surface area contributed by atoms with Gasteiger partial charge < -0.3 is 14.5 Å². The van der Waals surface area contributed by atoms with Crippen molar-refractivity contribution < 1.29 is 13.2 Å². The highest BCUT2D eigenvalue weighted by molar-refractivity contribution is 7.91. The molecule has 4 rings (SSSR count). The van der Waals surface area contributed by atoms with E-state index in [0.717, 1.165) is 17.1 Å². The van der Waals surface area contributed by atoms with Gasteiger partial charge in [-0.3, -0.25) is 0 Å². The molecule has 2 fully saturated rings. The van der Waals surface area contributed by atoms with E-state index >= 15 is 0 Å². The number of hydrogen-bond acceptors (Lipinski definition) is 4. The van der Waals surface area contributed by atoms with Gasteiger partial charge in [-0.2, -0.15) is 0 Å². The third kappa shape index (κ3) is 2.95. The van der Waals surface area contributed by atoms with E-state index in [2.05, 4.69) is 0 Å². The van der Waals surface area contributed by atoms with E-state index in [0.29, 0.717) is 11.7 Å². The van der Waals surface area contributed by atoms with Gasteiger partial charge in [0.15, 0.2) is 14.9 Å². The van der Waals surface area contributed by atoms with E-state index in [9.17, 15) is 8.42 Å². The minimum absolute atomic E-state index is 0.119. The van der Waals surface area contributed by atoms with Crippen molar-refractivity contribution in [3.8, 4) is 5.75 Å². The van der Waals surface area contributed by atoms with E-state index in [1.54, 1.807) is 0 Å². The minimum atomic E-state index is -3.10. The predicted molar refractivity (Wildman–Crippen MR) is 108 cm³/mol. The summed E-state index contributed by atoms with van der Waals surface area (Å²) in [5.74, 6) is 1.03. The largest absolute Gasteiger partial charge is 0.494 e. The van der Waals surface area contributed by atoms with E-state index in [1.807, 2.05) is 71.3 Å². The molecule has 0 aliphatic carbocycles. The molecule has 26 heavy (non-hydrogen) atoms. The second-order valence-electron chi connectivity index (χ2n) is 6.50. The van der Waals surface area contributed by atoms with Crippen molar-refractivity contribution in [3.05, 3.63) is 54.6 Å². The first-order chi connectivity index (χ1) is 12.5. The Labute approximate surface area is 159 Å². The summed E-state index contributed by atoms with van der Waals surface area (Å²) in [7, 11) is -3.10. The number of benzene rings is 2. The summed E-state index contributed by atoms with van der Waals surface area (Å²) >= 11 is 5.77. The van der Waals surface area contributed by atoms with E-state index in [4.69, 9.17) is 17.0 Å². The Bertz CT molecular complexity index is 914. The maximum absolute atomic E-state index is 12.3. The Morgan fingerprint density at radius 3 is 2.04 bits per heavy atom. The molecule has 2 heterocycles. The van der Waals surface area contributed by atoms with Gasteiger partial charge in [0.25, 0.3) is 0 Å². The van der Waals surface area contributed by atoms with Crippen LogP contribution in [-0.2, 0) is 9.84 Å². The van der Waals surface area contributed by atoms with E-state index in [-0.39, 0.29) is 23.6 Å². The number of ether oxygens (including phenoxy) is 1. The third-order valence-corrected chi connectivity index (χ3v) is 6.92. The monoisotopic (exact) mass is 388 g/mol. The quantitative estimate of drug-likeness (QED) is 0.751. The van der Waals surface area contributed by atoms with Gasteiger partial charge in [-0.1, -0.05) is 18.2 Å². The van der Waals surface area contributed by atoms with Gasteiger partial charge in [0, 0.05) is 11.4 Å². The molecule has 2 aromatic carbocycles. The zero-order valence-corrected chi connectivity index (χ0v) is 16.0. The SMILES string of the molecule is CCOc1ccc(N2C(=S)N(c3ccccc3)C3CS(=O)(=O)CC32)cc1. The zero-order valence-electron chi connectivity index (χ0n) is 14.4. The molecular formula is C19H20N2O3S2. The molecule has 2 atom stereocenters. The summed E-state index contributed by atoms with van der Waals surface area (Å²) < 4.78 is 30.2. The molecule has 0 spiro atoms. The number of anilines is 2. The first-order valence-corrected chi connectivity index (χ1v) is 10.8. The van der Waals surface area contributed by atoms with Crippen LogP contribution in [0.3, 0.4) is 0 Å². The van der Waals surface area contributed by atoms with Gasteiger partial charge in [0.05, 0.1) is 30.2 Å². The average molecular weight is 389 g/mol. The number of nitrogens with zero attached hydrogens (tertiary/aromatic N) is 2. The van der Waals surface area contributed by atoms with Crippen LogP contribution in [0.4, 0.5) is 11.4 Å². The van der Waals surface area contributed by atoms with Crippen LogP contribution in [-0.4, -0.2) is 43.7 Å². The summed E-state index contributed by atoms with van der Waals surface area (Å²) in [4.78, 5) is 3.97. The Morgan fingerprint density at radius 1 is 0.962 bits per heavy atom. The molecule has 2 aliphatic heterocycles. The molecule has 2 saturated heterocycles. The number of fused-ring (bicyclic) bond motifs is 1. The second-order valence-corrected chi connectivity index (χ2v) is 9.02. The van der Waals surface area contributed by atoms with Crippen molar-refractivity contribution in [2.24, 2.45) is 0 Å². The van der Waals surface area contributed by atoms with Crippen molar-refractivity contribution in [2.75, 3.05) is 27.9 Å². The minimum Gasteiger partial charge on any atom is -0.494 e. The highest BCUT2D eigenvalue weighted by Crippen LogP contribution is 2.38. The standard InChI is InChI=1S/C19H20N2O3S2/c1-2-24-16-10-8-15(9-11-16)21-18-13-26(22,23)12-17(18)20(19(21)25)14-6-4-3-5-7-14/h3-11,17-18H,2,12-13H2,1H3. The Balaban J connectivity index is 1.73. The molecule has 0 bridgehead atoms. The van der Waals surface area contributed by atoms with E-state index < -0.39 is 9.84 Å². The van der Waals surface area contributed by atoms with Crippen molar-refractivity contribution in [2.45, 2.75) is 19.0 Å². The molecule has 0 saturated carbocycles. The van der Waals surface area contributed by atoms with Crippen molar-refractivity contribution in [1.82, 2.24) is 0 Å². The van der Waals surface area contributed by atoms with Crippen LogP contribution in [0.15, 0.2) is 54.6 Å². The molecule has 0 aromatic heterocycles. The molecule has 0 radical (unpaired) electrons. The first kappa shape index (κ1) is 17.3. The molecule has 2 unspecified atom stereocenters. The maximum atomic E-state index is 12.3. The Kier molecular flexibility index (Phi) is 4.36. The van der Waals surface area contributed by atoms with Crippen LogP contribution in [0.1, 0.15) is 6.92 Å². The highest BCUT2D eigenvalue weighted by Gasteiger charge is 2.52. The molecule has 2 aromatic rings. The average Bonchev–Trinajstić information content (AvgIpc) is 3.05. The predicted octanol–water partition coefficient (Wildman–Crippen LogP) is 2.86. The zero-order chi connectivity index (χ0) is 18.3. The lowest BCUT2D eigenvalue weighted by molar-refractivity contribution is 0.340. The van der Waals surface area contributed by atoms with Crippen LogP contribution in [0, 0.1) is 0 Å². The smallest absolute Gasteiger partial charge is 0.181 e. The van der Waals surface area contributed by atoms with Crippen molar-refractivity contribution in [1.29, 1.82) is 0 Å². The molecule has 0 N–H and O–H groups in total. The van der Waals surface area contributed by atoms with E-state index in [1.165, 1.54) is 0 Å². The summed E-state index contributed by atoms with van der Waals surface area (Å²) in [5.41, 5.74) is 1.82. The highest BCUT2D eigenvalue weighted by atomic mass is 32.2. The third-order valence-electron chi connectivity index (χ3n) is 4.83. The fourth-order valence-corrected chi connectivity index (χ4v) is 6.17. The Morgan fingerprint density at radius 2 is 1.50 bits per heavy atom. The number of rotatable bonds is 4. The van der Waals surface area contributed by atoms with Gasteiger partial charge >= 0.3 is 0 Å².